The Morgan fingerprint density at radius 3 is 2.50 bits per heavy atom. The van der Waals surface area contributed by atoms with Crippen LogP contribution in [0.15, 0.2) is 0 Å². The molecule has 2 fully saturated rings. The lowest BCUT2D eigenvalue weighted by Crippen LogP contribution is -2.47. The van der Waals surface area contributed by atoms with Gasteiger partial charge in [0.15, 0.2) is 0 Å². The Kier molecular flexibility index (Phi) is 3.97. The van der Waals surface area contributed by atoms with Gasteiger partial charge in [-0.25, -0.2) is 0 Å². The maximum atomic E-state index is 12.0. The van der Waals surface area contributed by atoms with Gasteiger partial charge in [-0.3, -0.25) is 4.79 Å². The highest BCUT2D eigenvalue weighted by Crippen LogP contribution is 2.51. The van der Waals surface area contributed by atoms with Crippen LogP contribution in [0.1, 0.15) is 33.1 Å². The fourth-order valence-electron chi connectivity index (χ4n) is 2.95. The van der Waals surface area contributed by atoms with Crippen LogP contribution in [0.4, 0.5) is 0 Å². The van der Waals surface area contributed by atoms with Gasteiger partial charge in [0.1, 0.15) is 0 Å². The van der Waals surface area contributed by atoms with Crippen LogP contribution in [-0.4, -0.2) is 39.3 Å². The first kappa shape index (κ1) is 13.8. The highest BCUT2D eigenvalue weighted by atomic mass is 16.5. The summed E-state index contributed by atoms with van der Waals surface area (Å²) in [6.45, 7) is 7.86. The van der Waals surface area contributed by atoms with Crippen molar-refractivity contribution in [3.05, 3.63) is 0 Å². The molecule has 1 aliphatic heterocycles. The molecule has 0 aromatic rings. The second-order valence-electron chi connectivity index (χ2n) is 6.65. The van der Waals surface area contributed by atoms with Crippen molar-refractivity contribution in [2.45, 2.75) is 33.1 Å². The quantitative estimate of drug-likeness (QED) is 0.774. The van der Waals surface area contributed by atoms with Gasteiger partial charge in [0, 0.05) is 25.0 Å². The van der Waals surface area contributed by atoms with Gasteiger partial charge >= 0.3 is 0 Å². The van der Waals surface area contributed by atoms with E-state index in [1.807, 2.05) is 0 Å². The lowest BCUT2D eigenvalue weighted by atomic mass is 9.79. The van der Waals surface area contributed by atoms with Crippen LogP contribution in [-0.2, 0) is 9.53 Å². The molecule has 0 aromatic heterocycles. The summed E-state index contributed by atoms with van der Waals surface area (Å²) < 4.78 is 5.35. The molecule has 2 aliphatic rings. The Morgan fingerprint density at radius 2 is 2.00 bits per heavy atom. The number of amides is 1. The van der Waals surface area contributed by atoms with Crippen LogP contribution in [0.5, 0.6) is 0 Å². The summed E-state index contributed by atoms with van der Waals surface area (Å²) in [7, 11) is 1.75. The summed E-state index contributed by atoms with van der Waals surface area (Å²) in [5.74, 6) is 0.452. The van der Waals surface area contributed by atoms with Gasteiger partial charge in [0.25, 0.3) is 0 Å². The van der Waals surface area contributed by atoms with E-state index < -0.39 is 0 Å². The molecule has 4 heteroatoms. The normalized spacial score (nSPS) is 28.7. The molecule has 0 aromatic carbocycles. The zero-order valence-corrected chi connectivity index (χ0v) is 11.8. The third-order valence-corrected chi connectivity index (χ3v) is 4.58. The van der Waals surface area contributed by atoms with E-state index in [-0.39, 0.29) is 22.7 Å². The van der Waals surface area contributed by atoms with Gasteiger partial charge in [-0.2, -0.15) is 0 Å². The van der Waals surface area contributed by atoms with Crippen molar-refractivity contribution in [3.63, 3.8) is 0 Å². The molecular formula is C14H26N2O2. The van der Waals surface area contributed by atoms with Crippen LogP contribution < -0.4 is 10.6 Å². The van der Waals surface area contributed by atoms with E-state index in [1.54, 1.807) is 7.11 Å². The highest BCUT2D eigenvalue weighted by Gasteiger charge is 2.50. The second kappa shape index (κ2) is 5.17. The number of methoxy groups -OCH3 is 1. The van der Waals surface area contributed by atoms with Crippen molar-refractivity contribution in [3.8, 4) is 0 Å². The molecule has 2 rings (SSSR count). The minimum atomic E-state index is 0.134. The first-order chi connectivity index (χ1) is 8.49. The Balaban J connectivity index is 1.84. The summed E-state index contributed by atoms with van der Waals surface area (Å²) in [4.78, 5) is 12.0. The first-order valence-electron chi connectivity index (χ1n) is 6.97. The van der Waals surface area contributed by atoms with Crippen LogP contribution in [0, 0.1) is 16.7 Å². The Hall–Kier alpha value is -0.610. The lowest BCUT2D eigenvalue weighted by Gasteiger charge is -2.37. The summed E-state index contributed by atoms with van der Waals surface area (Å²) >= 11 is 0. The number of piperidine rings is 1. The number of carbonyl (C=O) groups excluding carboxylic acids is 1. The molecule has 1 aliphatic carbocycles. The van der Waals surface area contributed by atoms with Crippen molar-refractivity contribution in [1.82, 2.24) is 10.6 Å². The zero-order valence-electron chi connectivity index (χ0n) is 11.8. The number of carbonyl (C=O) groups is 1. The fraction of sp³-hybridized carbons (Fsp3) is 0.929. The molecule has 104 valence electrons. The van der Waals surface area contributed by atoms with Gasteiger partial charge in [-0.15, -0.1) is 0 Å². The maximum Gasteiger partial charge on any atom is 0.223 e. The third kappa shape index (κ3) is 3.04. The summed E-state index contributed by atoms with van der Waals surface area (Å²) in [6.07, 6.45) is 3.18. The van der Waals surface area contributed by atoms with Crippen LogP contribution in [0.3, 0.4) is 0 Å². The van der Waals surface area contributed by atoms with E-state index in [9.17, 15) is 4.79 Å². The van der Waals surface area contributed by atoms with Crippen molar-refractivity contribution in [2.24, 2.45) is 16.7 Å². The molecule has 1 heterocycles. The number of hydrogen-bond donors (Lipinski definition) is 2. The molecule has 4 nitrogen and oxygen atoms in total. The van der Waals surface area contributed by atoms with E-state index >= 15 is 0 Å². The summed E-state index contributed by atoms with van der Waals surface area (Å²) in [6, 6.07) is 0. The second-order valence-corrected chi connectivity index (χ2v) is 6.65. The van der Waals surface area contributed by atoms with Crippen molar-refractivity contribution < 1.29 is 9.53 Å². The molecule has 1 saturated carbocycles. The van der Waals surface area contributed by atoms with E-state index in [4.69, 9.17) is 4.74 Å². The van der Waals surface area contributed by atoms with Gasteiger partial charge in [0.05, 0.1) is 6.61 Å². The molecule has 1 amide bonds. The number of rotatable bonds is 5. The van der Waals surface area contributed by atoms with E-state index in [2.05, 4.69) is 24.5 Å². The number of ether oxygens (including phenoxy) is 1. The van der Waals surface area contributed by atoms with E-state index in [1.165, 1.54) is 0 Å². The molecule has 0 radical (unpaired) electrons. The van der Waals surface area contributed by atoms with Crippen molar-refractivity contribution >= 4 is 5.91 Å². The predicted molar refractivity (Wildman–Crippen MR) is 71.3 cm³/mol. The van der Waals surface area contributed by atoms with Gasteiger partial charge in [-0.1, -0.05) is 13.8 Å². The fourth-order valence-corrected chi connectivity index (χ4v) is 2.95. The highest BCUT2D eigenvalue weighted by molar-refractivity contribution is 5.82. The maximum absolute atomic E-state index is 12.0. The van der Waals surface area contributed by atoms with Gasteiger partial charge < -0.3 is 15.4 Å². The summed E-state index contributed by atoms with van der Waals surface area (Å²) in [5.41, 5.74) is 0.349. The minimum Gasteiger partial charge on any atom is -0.384 e. The van der Waals surface area contributed by atoms with Gasteiger partial charge in [0.2, 0.25) is 5.91 Å². The average Bonchev–Trinajstić information content (AvgIpc) is 2.97. The van der Waals surface area contributed by atoms with Gasteiger partial charge in [-0.05, 0) is 37.8 Å². The molecule has 18 heavy (non-hydrogen) atoms. The molecule has 1 unspecified atom stereocenters. The summed E-state index contributed by atoms with van der Waals surface area (Å²) in [5, 5.41) is 6.51. The zero-order chi connectivity index (χ0) is 13.2. The molecule has 0 bridgehead atoms. The van der Waals surface area contributed by atoms with Crippen molar-refractivity contribution in [2.75, 3.05) is 33.4 Å². The first-order valence-corrected chi connectivity index (χ1v) is 6.97. The molecular weight excluding hydrogens is 228 g/mol. The Morgan fingerprint density at radius 1 is 1.39 bits per heavy atom. The van der Waals surface area contributed by atoms with Crippen LogP contribution in [0.2, 0.25) is 0 Å². The molecule has 0 spiro atoms. The molecule has 2 N–H and O–H groups in total. The SMILES string of the molecule is COCC1(CNC(=O)C2CC2(C)C)CCNCC1. The Bertz CT molecular complexity index is 303. The van der Waals surface area contributed by atoms with E-state index in [0.717, 1.165) is 45.5 Å². The van der Waals surface area contributed by atoms with E-state index in [0.29, 0.717) is 0 Å². The monoisotopic (exact) mass is 254 g/mol. The smallest absolute Gasteiger partial charge is 0.223 e. The average molecular weight is 254 g/mol. The number of nitrogens with one attached hydrogen (secondary N) is 2. The largest absolute Gasteiger partial charge is 0.384 e. The lowest BCUT2D eigenvalue weighted by molar-refractivity contribution is -0.123. The molecule has 1 atom stereocenters. The van der Waals surface area contributed by atoms with Crippen LogP contribution in [0.25, 0.3) is 0 Å². The Labute approximate surface area is 110 Å². The van der Waals surface area contributed by atoms with Crippen LogP contribution >= 0.6 is 0 Å². The number of hydrogen-bond acceptors (Lipinski definition) is 3. The predicted octanol–water partition coefficient (Wildman–Crippen LogP) is 1.16. The standard InChI is InChI=1S/C14H26N2O2/c1-13(2)8-11(13)12(17)16-9-14(10-18-3)4-6-15-7-5-14/h11,15H,4-10H2,1-3H3,(H,16,17). The van der Waals surface area contributed by atoms with Crippen molar-refractivity contribution in [1.29, 1.82) is 0 Å². The topological polar surface area (TPSA) is 50.4 Å². The molecule has 1 saturated heterocycles. The third-order valence-electron chi connectivity index (χ3n) is 4.58. The minimum absolute atomic E-state index is 0.134.